The fraction of sp³-hybridized carbons (Fsp3) is 0.339. The molecule has 0 atom stereocenters. The van der Waals surface area contributed by atoms with E-state index >= 15 is 0 Å². The Bertz CT molecular complexity index is 8210. The van der Waals surface area contributed by atoms with E-state index in [4.69, 9.17) is 1.37 Å². The zero-order valence-corrected chi connectivity index (χ0v) is 76.8. The molecule has 2 aliphatic rings. The van der Waals surface area contributed by atoms with Crippen LogP contribution < -0.4 is 26.2 Å². The van der Waals surface area contributed by atoms with Crippen LogP contribution in [0, 0.1) is 0 Å². The summed E-state index contributed by atoms with van der Waals surface area (Å²) in [5.41, 5.74) is -14.9. The predicted octanol–water partition coefficient (Wildman–Crippen LogP) is 31.8. The Morgan fingerprint density at radius 3 is 1.01 bits per heavy atom. The lowest BCUT2D eigenvalue weighted by Gasteiger charge is -2.46. The van der Waals surface area contributed by atoms with Gasteiger partial charge in [-0.1, -0.05) is 401 Å². The summed E-state index contributed by atoms with van der Waals surface area (Å²) in [4.78, 5) is 3.12. The van der Waals surface area contributed by atoms with E-state index in [2.05, 4.69) is 47.6 Å². The lowest BCUT2D eigenvalue weighted by atomic mass is 9.33. The minimum Gasteiger partial charge on any atom is -0.310 e. The molecule has 14 aromatic rings. The summed E-state index contributed by atoms with van der Waals surface area (Å²) in [6, 6.07) is -0.825. The Morgan fingerprint density at radius 1 is 0.238 bits per heavy atom. The van der Waals surface area contributed by atoms with E-state index in [1.165, 1.54) is 33.7 Å². The van der Waals surface area contributed by atoms with Gasteiger partial charge in [0.15, 0.2) is 0 Å². The molecule has 622 valence electrons. The second kappa shape index (κ2) is 29.5. The summed E-state index contributed by atoms with van der Waals surface area (Å²) in [6.45, 7) is 53.1. The van der Waals surface area contributed by atoms with Gasteiger partial charge in [-0.25, -0.2) is 0 Å². The maximum absolute atomic E-state index is 11.9. The van der Waals surface area contributed by atoms with Crippen LogP contribution >= 0.6 is 0 Å². The van der Waals surface area contributed by atoms with Gasteiger partial charge in [0, 0.05) is 55.8 Å². The van der Waals surface area contributed by atoms with Crippen LogP contribution in [0.3, 0.4) is 0 Å². The Kier molecular flexibility index (Phi) is 13.2. The van der Waals surface area contributed by atoms with Crippen molar-refractivity contribution in [2.45, 2.75) is 262 Å². The molecule has 0 saturated carbocycles. The quantitative estimate of drug-likeness (QED) is 0.133. The van der Waals surface area contributed by atoms with E-state index in [0.29, 0.717) is 11.1 Å². The molecule has 13 aromatic carbocycles. The molecule has 16 rings (SSSR count). The van der Waals surface area contributed by atoms with Crippen LogP contribution in [-0.4, -0.2) is 11.3 Å². The Labute approximate surface area is 776 Å². The third-order valence-electron chi connectivity index (χ3n) is 23.3. The summed E-state index contributed by atoms with van der Waals surface area (Å²) in [6.07, 6.45) is 0. The van der Waals surface area contributed by atoms with Gasteiger partial charge in [0.1, 0.15) is 0 Å². The number of aromatic nitrogens is 1. The van der Waals surface area contributed by atoms with E-state index in [1.54, 1.807) is 156 Å². The summed E-state index contributed by atoms with van der Waals surface area (Å²) >= 11 is 0. The second-order valence-corrected chi connectivity index (χ2v) is 43.6. The van der Waals surface area contributed by atoms with E-state index in [0.717, 1.165) is 11.1 Å². The molecule has 0 radical (unpaired) electrons. The molecule has 0 spiro atoms. The van der Waals surface area contributed by atoms with Crippen molar-refractivity contribution in [2.75, 3.05) is 9.80 Å². The van der Waals surface area contributed by atoms with Crippen molar-refractivity contribution in [3.63, 3.8) is 0 Å². The monoisotopic (exact) mass is 1630 g/mol. The number of benzene rings is 13. The summed E-state index contributed by atoms with van der Waals surface area (Å²) in [5, 5.41) is -0.884. The fourth-order valence-electron chi connectivity index (χ4n) is 16.1. The lowest BCUT2D eigenvalue weighted by molar-refractivity contribution is 0.568. The normalized spacial score (nSPS) is 17.3. The maximum Gasteiger partial charge on any atom is 0.252 e. The molecule has 0 bridgehead atoms. The predicted molar refractivity (Wildman–Crippen MR) is 534 cm³/mol. The zero-order valence-electron chi connectivity index (χ0n) is 108. The highest BCUT2D eigenvalue weighted by Gasteiger charge is 2.47. The molecule has 4 heteroatoms. The van der Waals surface area contributed by atoms with E-state index in [9.17, 15) is 41.1 Å². The molecule has 0 fully saturated rings. The summed E-state index contributed by atoms with van der Waals surface area (Å²) in [7, 11) is 0. The van der Waals surface area contributed by atoms with Crippen LogP contribution in [0.15, 0.2) is 254 Å². The standard InChI is InChI=1S/C118H132BN3/c1-109(2,3)80-50-44-74(45-51-80)93-66-87(116(22,23)24)68-95(79-60-85(114(16,17)18)65-86(61-79)115(19,20)21)107(93)121-102-62-76(73-38-32-31-33-39-73)48-56-98(102)119-99-57-49-77(78-58-83(112(10,11)12)64-84(59-78)113(13,14)15)63-103(99)122(105-72-89(71-104(121)106(105)119)120-100-42-36-34-40-91(100)92-41-35-37-43-101(92)120)108-94(75-46-52-81(53-47-75)110(4,5)6)67-88(117(25,26)27)69-96(108)90-55-54-82(111(7,8)9)70-97(90)118(28,29)30/h31-72H,1-30H3/i31D,32D,33D,34D,35D,36D,37D,38D,39D,40D,41D,42D,43D,44D,45D,46D,47D,50D,51D,52D,53D,54D,55D,60D,61D,65D,66D,67D,68D,69D,70D. The van der Waals surface area contributed by atoms with Crippen LogP contribution in [0.25, 0.3) is 94.3 Å². The average Bonchev–Trinajstić information content (AvgIpc) is 1.65. The first-order valence-electron chi connectivity index (χ1n) is 58.0. The first kappa shape index (κ1) is 54.7. The number of fused-ring (bicyclic) bond motifs is 7. The molecule has 1 aromatic heterocycles. The Balaban J connectivity index is 1.36. The largest absolute Gasteiger partial charge is 0.310 e. The highest BCUT2D eigenvalue weighted by Crippen LogP contribution is 2.58. The molecular formula is C118H132BN3. The van der Waals surface area contributed by atoms with Gasteiger partial charge in [0.05, 0.1) is 70.6 Å². The van der Waals surface area contributed by atoms with E-state index < -0.39 is 303 Å². The summed E-state index contributed by atoms with van der Waals surface area (Å²) in [5.74, 6) is 0. The Hall–Kier alpha value is -10.7. The van der Waals surface area contributed by atoms with Crippen LogP contribution in [0.1, 0.15) is 306 Å². The minimum atomic E-state index is -1.47. The number of rotatable bonds is 9. The second-order valence-electron chi connectivity index (χ2n) is 43.6. The first-order valence-corrected chi connectivity index (χ1v) is 42.5. The molecule has 0 unspecified atom stereocenters. The van der Waals surface area contributed by atoms with Gasteiger partial charge < -0.3 is 14.4 Å². The number of hydrogen-bond acceptors (Lipinski definition) is 2. The van der Waals surface area contributed by atoms with Crippen molar-refractivity contribution in [3.05, 3.63) is 310 Å². The number of anilines is 6. The topological polar surface area (TPSA) is 11.4 Å². The molecule has 2 aliphatic heterocycles. The molecule has 0 N–H and O–H groups in total. The lowest BCUT2D eigenvalue weighted by Crippen LogP contribution is -2.61. The fourth-order valence-corrected chi connectivity index (χ4v) is 16.1. The van der Waals surface area contributed by atoms with Crippen molar-refractivity contribution in [2.24, 2.45) is 0 Å². The van der Waals surface area contributed by atoms with E-state index in [-0.39, 0.29) is 124 Å². The van der Waals surface area contributed by atoms with Gasteiger partial charge in [0.25, 0.3) is 6.71 Å². The smallest absolute Gasteiger partial charge is 0.252 e. The highest BCUT2D eigenvalue weighted by atomic mass is 15.2. The molecule has 3 heterocycles. The molecule has 0 amide bonds. The minimum absolute atomic E-state index is 0.00316. The molecule has 3 nitrogen and oxygen atoms in total. The third-order valence-corrected chi connectivity index (χ3v) is 23.3. The number of nitrogens with zero attached hydrogens (tertiary/aromatic N) is 3. The third kappa shape index (κ3) is 15.6. The van der Waals surface area contributed by atoms with Crippen molar-refractivity contribution < 1.29 is 42.5 Å². The van der Waals surface area contributed by atoms with Crippen LogP contribution in [0.4, 0.5) is 34.1 Å². The average molecular weight is 1630 g/mol. The van der Waals surface area contributed by atoms with Crippen LogP contribution in [0.5, 0.6) is 0 Å². The zero-order chi connectivity index (χ0) is 115. The Morgan fingerprint density at radius 2 is 0.598 bits per heavy atom. The van der Waals surface area contributed by atoms with Gasteiger partial charge >= 0.3 is 0 Å². The van der Waals surface area contributed by atoms with Crippen molar-refractivity contribution >= 4 is 79.0 Å². The molecule has 0 aliphatic carbocycles. The molecular weight excluding hydrogens is 1470 g/mol. The highest BCUT2D eigenvalue weighted by molar-refractivity contribution is 7.00. The van der Waals surface area contributed by atoms with Gasteiger partial charge in [-0.05, 0) is 231 Å². The first-order chi connectivity index (χ1) is 69.8. The van der Waals surface area contributed by atoms with Gasteiger partial charge in [0.2, 0.25) is 0 Å². The number of para-hydroxylation sites is 2. The molecule has 0 saturated heterocycles. The van der Waals surface area contributed by atoms with Gasteiger partial charge in [-0.3, -0.25) is 0 Å². The maximum atomic E-state index is 11.9. The van der Waals surface area contributed by atoms with Crippen LogP contribution in [0.2, 0.25) is 0 Å². The SMILES string of the molecule is [2H]c1c([2H])c([2H])c(-c2ccc3c(c2)N(c2c(-c4c([2H])c([2H])c(C(C)(C)C)c([2H])c4[2H])c([2H])c(C(C)(C)C)c([2H])c2-c2c([2H])c(C(C)(C)C)c([2H])c(C(C)(C)C)c2[2H])c2cc(-n4c5c([2H])c([2H])c([2H])c([2H])c5c5c([2H])c([2H])c([2H])c([2H])c54)cc4c2B3c2ccc(-c3cc(C(C)(C)C)cc(C(C)(C)C)c3)cc2N4c2c(-c3c([2H])c([2H])c(C(C)(C)C)c([2H])c3[2H])c([2H])c(C(C)(C)C)c([2H])c2-c2c([2H])c([2H])c(C(C)(C)C)c([2H])c2C(C)(C)C)c([2H])c1[2H]. The van der Waals surface area contributed by atoms with Crippen molar-refractivity contribution in [1.82, 2.24) is 4.57 Å². The van der Waals surface area contributed by atoms with Gasteiger partial charge in [-0.15, -0.1) is 0 Å². The van der Waals surface area contributed by atoms with E-state index in [1.807, 2.05) is 51.1 Å². The summed E-state index contributed by atoms with van der Waals surface area (Å²) < 4.78 is 329. The van der Waals surface area contributed by atoms with Crippen LogP contribution in [-0.2, 0) is 54.1 Å². The van der Waals surface area contributed by atoms with Gasteiger partial charge in [-0.2, -0.15) is 0 Å². The van der Waals surface area contributed by atoms with Crippen molar-refractivity contribution in [3.8, 4) is 72.4 Å². The molecule has 122 heavy (non-hydrogen) atoms. The van der Waals surface area contributed by atoms with Crippen molar-refractivity contribution in [1.29, 1.82) is 0 Å². The number of hydrogen-bond donors (Lipinski definition) is 0.